The molecule has 5 rings (SSSR count). The third-order valence-corrected chi connectivity index (χ3v) is 5.51. The van der Waals surface area contributed by atoms with E-state index in [-0.39, 0.29) is 10.9 Å². The molecule has 0 saturated carbocycles. The number of nitrogens with zero attached hydrogens (tertiary/aromatic N) is 3. The SMILES string of the molecule is O=C(NCc1ccc(-c2cc3c(Nc4ccc(F)c(Cl)c4)ncnc3[nH]2)cc1)c1ccccn1. The highest BCUT2D eigenvalue weighted by atomic mass is 35.5. The van der Waals surface area contributed by atoms with Crippen LogP contribution < -0.4 is 10.6 Å². The normalized spacial score (nSPS) is 10.9. The lowest BCUT2D eigenvalue weighted by Crippen LogP contribution is -2.23. The van der Waals surface area contributed by atoms with Crippen molar-refractivity contribution in [2.45, 2.75) is 6.54 Å². The highest BCUT2D eigenvalue weighted by molar-refractivity contribution is 6.31. The number of aromatic amines is 1. The number of carbonyl (C=O) groups is 1. The minimum Gasteiger partial charge on any atom is -0.347 e. The van der Waals surface area contributed by atoms with Gasteiger partial charge in [0.1, 0.15) is 29.3 Å². The molecule has 2 aromatic carbocycles. The Bertz CT molecular complexity index is 1470. The Balaban J connectivity index is 1.32. The van der Waals surface area contributed by atoms with Gasteiger partial charge in [-0.2, -0.15) is 0 Å². The number of hydrogen-bond donors (Lipinski definition) is 3. The minimum absolute atomic E-state index is 0.0290. The van der Waals surface area contributed by atoms with E-state index in [1.807, 2.05) is 30.3 Å². The predicted molar refractivity (Wildman–Crippen MR) is 129 cm³/mol. The van der Waals surface area contributed by atoms with E-state index in [4.69, 9.17) is 11.6 Å². The zero-order valence-electron chi connectivity index (χ0n) is 17.7. The third kappa shape index (κ3) is 4.57. The maximum absolute atomic E-state index is 13.5. The van der Waals surface area contributed by atoms with Crippen molar-refractivity contribution in [3.05, 3.63) is 101 Å². The van der Waals surface area contributed by atoms with E-state index in [2.05, 4.69) is 30.6 Å². The first kappa shape index (κ1) is 21.5. The lowest BCUT2D eigenvalue weighted by molar-refractivity contribution is 0.0946. The largest absolute Gasteiger partial charge is 0.347 e. The number of hydrogen-bond acceptors (Lipinski definition) is 5. The van der Waals surface area contributed by atoms with Gasteiger partial charge in [0.2, 0.25) is 0 Å². The average molecular weight is 473 g/mol. The fourth-order valence-corrected chi connectivity index (χ4v) is 3.66. The van der Waals surface area contributed by atoms with Crippen molar-refractivity contribution in [2.75, 3.05) is 5.32 Å². The molecule has 0 aliphatic heterocycles. The van der Waals surface area contributed by atoms with Crippen molar-refractivity contribution < 1.29 is 9.18 Å². The highest BCUT2D eigenvalue weighted by Crippen LogP contribution is 2.29. The van der Waals surface area contributed by atoms with Gasteiger partial charge in [-0.25, -0.2) is 14.4 Å². The molecule has 7 nitrogen and oxygen atoms in total. The number of halogens is 2. The first-order valence-electron chi connectivity index (χ1n) is 10.4. The van der Waals surface area contributed by atoms with Crippen LogP contribution in [0.15, 0.2) is 79.3 Å². The standard InChI is InChI=1S/C25H18ClFN6O/c26-19-11-17(8-9-20(19)27)32-23-18-12-22(33-24(18)31-14-30-23)16-6-4-15(5-7-16)13-29-25(34)21-3-1-2-10-28-21/h1-12,14H,13H2,(H,29,34)(H2,30,31,32,33). The number of aromatic nitrogens is 4. The number of H-pyrrole nitrogens is 1. The van der Waals surface area contributed by atoms with Crippen LogP contribution in [0.5, 0.6) is 0 Å². The second kappa shape index (κ2) is 9.29. The molecule has 0 aliphatic rings. The summed E-state index contributed by atoms with van der Waals surface area (Å²) in [4.78, 5) is 28.2. The van der Waals surface area contributed by atoms with Gasteiger partial charge < -0.3 is 15.6 Å². The van der Waals surface area contributed by atoms with E-state index in [9.17, 15) is 9.18 Å². The number of nitrogens with one attached hydrogen (secondary N) is 3. The van der Waals surface area contributed by atoms with E-state index >= 15 is 0 Å². The number of carbonyl (C=O) groups excluding carboxylic acids is 1. The summed E-state index contributed by atoms with van der Waals surface area (Å²) in [5, 5.41) is 6.84. The average Bonchev–Trinajstić information content (AvgIpc) is 3.31. The van der Waals surface area contributed by atoms with Gasteiger partial charge in [-0.05, 0) is 47.5 Å². The molecular formula is C25H18ClFN6O. The van der Waals surface area contributed by atoms with Crippen molar-refractivity contribution in [3.63, 3.8) is 0 Å². The zero-order chi connectivity index (χ0) is 23.5. The van der Waals surface area contributed by atoms with Crippen molar-refractivity contribution in [2.24, 2.45) is 0 Å². The molecule has 3 aromatic heterocycles. The number of fused-ring (bicyclic) bond motifs is 1. The smallest absolute Gasteiger partial charge is 0.270 e. The fraction of sp³-hybridized carbons (Fsp3) is 0.0400. The van der Waals surface area contributed by atoms with Crippen LogP contribution in [0.1, 0.15) is 16.1 Å². The summed E-state index contributed by atoms with van der Waals surface area (Å²) in [6.07, 6.45) is 3.04. The summed E-state index contributed by atoms with van der Waals surface area (Å²) in [5.74, 6) is -0.130. The van der Waals surface area contributed by atoms with E-state index < -0.39 is 5.82 Å². The van der Waals surface area contributed by atoms with Gasteiger partial charge in [-0.15, -0.1) is 0 Å². The minimum atomic E-state index is -0.483. The topological polar surface area (TPSA) is 95.6 Å². The Morgan fingerprint density at radius 1 is 1.00 bits per heavy atom. The molecule has 0 bridgehead atoms. The fourth-order valence-electron chi connectivity index (χ4n) is 3.48. The lowest BCUT2D eigenvalue weighted by Gasteiger charge is -2.07. The van der Waals surface area contributed by atoms with Crippen LogP contribution in [0.2, 0.25) is 5.02 Å². The molecule has 0 aliphatic carbocycles. The number of benzene rings is 2. The Labute approximate surface area is 199 Å². The molecule has 3 heterocycles. The van der Waals surface area contributed by atoms with Crippen LogP contribution in [0.25, 0.3) is 22.3 Å². The molecule has 0 saturated heterocycles. The van der Waals surface area contributed by atoms with Crippen molar-refractivity contribution in [3.8, 4) is 11.3 Å². The van der Waals surface area contributed by atoms with Crippen LogP contribution in [0.3, 0.4) is 0 Å². The summed E-state index contributed by atoms with van der Waals surface area (Å²) in [6.45, 7) is 0.391. The Morgan fingerprint density at radius 3 is 2.62 bits per heavy atom. The van der Waals surface area contributed by atoms with Crippen LogP contribution in [-0.2, 0) is 6.54 Å². The zero-order valence-corrected chi connectivity index (χ0v) is 18.5. The van der Waals surface area contributed by atoms with Gasteiger partial charge in [0.05, 0.1) is 10.4 Å². The monoisotopic (exact) mass is 472 g/mol. The van der Waals surface area contributed by atoms with Gasteiger partial charge in [-0.1, -0.05) is 41.9 Å². The molecule has 0 fully saturated rings. The molecule has 0 radical (unpaired) electrons. The summed E-state index contributed by atoms with van der Waals surface area (Å²) in [5.41, 5.74) is 4.43. The van der Waals surface area contributed by atoms with E-state index in [1.165, 1.54) is 18.5 Å². The van der Waals surface area contributed by atoms with E-state index in [1.54, 1.807) is 30.5 Å². The molecule has 0 unspecified atom stereocenters. The number of rotatable bonds is 6. The highest BCUT2D eigenvalue weighted by Gasteiger charge is 2.11. The molecule has 34 heavy (non-hydrogen) atoms. The second-order valence-corrected chi connectivity index (χ2v) is 7.92. The summed E-state index contributed by atoms with van der Waals surface area (Å²) < 4.78 is 13.5. The summed E-state index contributed by atoms with van der Waals surface area (Å²) in [6, 6.07) is 19.4. The third-order valence-electron chi connectivity index (χ3n) is 5.22. The maximum Gasteiger partial charge on any atom is 0.270 e. The first-order chi connectivity index (χ1) is 16.6. The molecule has 3 N–H and O–H groups in total. The van der Waals surface area contributed by atoms with Crippen LogP contribution in [0, 0.1) is 5.82 Å². The van der Waals surface area contributed by atoms with Crippen LogP contribution in [-0.4, -0.2) is 25.8 Å². The van der Waals surface area contributed by atoms with Gasteiger partial charge in [0, 0.05) is 24.1 Å². The van der Waals surface area contributed by atoms with E-state index in [0.29, 0.717) is 29.4 Å². The number of anilines is 2. The Hall–Kier alpha value is -4.30. The molecule has 0 atom stereocenters. The van der Waals surface area contributed by atoms with E-state index in [0.717, 1.165) is 22.2 Å². The molecular weight excluding hydrogens is 455 g/mol. The molecule has 9 heteroatoms. The second-order valence-electron chi connectivity index (χ2n) is 7.52. The number of amides is 1. The summed E-state index contributed by atoms with van der Waals surface area (Å²) in [7, 11) is 0. The Kier molecular flexibility index (Phi) is 5.88. The summed E-state index contributed by atoms with van der Waals surface area (Å²) >= 11 is 5.89. The molecule has 1 amide bonds. The van der Waals surface area contributed by atoms with Gasteiger partial charge in [-0.3, -0.25) is 9.78 Å². The lowest BCUT2D eigenvalue weighted by atomic mass is 10.1. The van der Waals surface area contributed by atoms with Gasteiger partial charge in [0.15, 0.2) is 0 Å². The van der Waals surface area contributed by atoms with Crippen LogP contribution in [0.4, 0.5) is 15.9 Å². The Morgan fingerprint density at radius 2 is 1.85 bits per heavy atom. The van der Waals surface area contributed by atoms with Crippen molar-refractivity contribution in [1.82, 2.24) is 25.3 Å². The van der Waals surface area contributed by atoms with Crippen molar-refractivity contribution in [1.29, 1.82) is 0 Å². The van der Waals surface area contributed by atoms with Crippen molar-refractivity contribution >= 4 is 40.0 Å². The number of pyridine rings is 1. The first-order valence-corrected chi connectivity index (χ1v) is 10.8. The van der Waals surface area contributed by atoms with Gasteiger partial charge in [0.25, 0.3) is 5.91 Å². The predicted octanol–water partition coefficient (Wildman–Crippen LogP) is 5.49. The maximum atomic E-state index is 13.5. The van der Waals surface area contributed by atoms with Crippen LogP contribution >= 0.6 is 11.6 Å². The quantitative estimate of drug-likeness (QED) is 0.304. The van der Waals surface area contributed by atoms with Gasteiger partial charge >= 0.3 is 0 Å². The molecule has 0 spiro atoms. The molecule has 168 valence electrons. The molecule has 5 aromatic rings.